The second-order valence-corrected chi connectivity index (χ2v) is 3.96. The van der Waals surface area contributed by atoms with Crippen molar-refractivity contribution in [3.8, 4) is 0 Å². The van der Waals surface area contributed by atoms with E-state index >= 15 is 0 Å². The van der Waals surface area contributed by atoms with Crippen molar-refractivity contribution in [2.45, 2.75) is 38.4 Å². The Morgan fingerprint density at radius 1 is 1.47 bits per heavy atom. The second kappa shape index (κ2) is 5.97. The number of hydrogen-bond acceptors (Lipinski definition) is 3. The first-order valence-electron chi connectivity index (χ1n) is 5.38. The van der Waals surface area contributed by atoms with Crippen LogP contribution in [0.2, 0.25) is 0 Å². The van der Waals surface area contributed by atoms with Crippen molar-refractivity contribution < 1.29 is 13.2 Å². The molecule has 1 unspecified atom stereocenters. The standard InChI is InChI=1S/C11H16F3N3/c1-8-7-9(4-6-16-8)10(17-15)3-2-5-11(12,13)14/h4,6-7,10,17H,2-3,5,15H2,1H3. The summed E-state index contributed by atoms with van der Waals surface area (Å²) in [4.78, 5) is 4.03. The van der Waals surface area contributed by atoms with Crippen LogP contribution in [-0.2, 0) is 0 Å². The van der Waals surface area contributed by atoms with E-state index in [2.05, 4.69) is 10.4 Å². The maximum absolute atomic E-state index is 12.0. The first kappa shape index (κ1) is 13.9. The highest BCUT2D eigenvalue weighted by Crippen LogP contribution is 2.26. The normalized spacial score (nSPS) is 13.7. The highest BCUT2D eigenvalue weighted by Gasteiger charge is 2.26. The summed E-state index contributed by atoms with van der Waals surface area (Å²) in [6, 6.07) is 3.31. The Morgan fingerprint density at radius 3 is 2.71 bits per heavy atom. The van der Waals surface area contributed by atoms with Crippen molar-refractivity contribution in [3.05, 3.63) is 29.6 Å². The molecule has 96 valence electrons. The van der Waals surface area contributed by atoms with Crippen LogP contribution in [-0.4, -0.2) is 11.2 Å². The summed E-state index contributed by atoms with van der Waals surface area (Å²) in [6.07, 6.45) is -2.86. The van der Waals surface area contributed by atoms with E-state index in [0.717, 1.165) is 11.3 Å². The molecule has 1 heterocycles. The molecule has 0 aliphatic heterocycles. The molecule has 1 aromatic rings. The van der Waals surface area contributed by atoms with Gasteiger partial charge in [-0.1, -0.05) is 0 Å². The summed E-state index contributed by atoms with van der Waals surface area (Å²) < 4.78 is 36.0. The summed E-state index contributed by atoms with van der Waals surface area (Å²) in [5, 5.41) is 0. The average molecular weight is 247 g/mol. The first-order valence-corrected chi connectivity index (χ1v) is 5.38. The summed E-state index contributed by atoms with van der Waals surface area (Å²) in [7, 11) is 0. The van der Waals surface area contributed by atoms with Gasteiger partial charge in [-0.25, -0.2) is 0 Å². The van der Waals surface area contributed by atoms with Gasteiger partial charge in [0.25, 0.3) is 0 Å². The largest absolute Gasteiger partial charge is 0.389 e. The predicted molar refractivity (Wildman–Crippen MR) is 58.9 cm³/mol. The maximum Gasteiger partial charge on any atom is 0.389 e. The van der Waals surface area contributed by atoms with E-state index in [1.165, 1.54) is 0 Å². The number of rotatable bonds is 5. The Hall–Kier alpha value is -1.14. The SMILES string of the molecule is Cc1cc(C(CCCC(F)(F)F)NN)ccn1. The quantitative estimate of drug-likeness (QED) is 0.621. The van der Waals surface area contributed by atoms with Gasteiger partial charge in [-0.05, 0) is 37.5 Å². The smallest absolute Gasteiger partial charge is 0.271 e. The molecule has 0 aliphatic rings. The molecule has 0 aromatic carbocycles. The van der Waals surface area contributed by atoms with Crippen molar-refractivity contribution >= 4 is 0 Å². The topological polar surface area (TPSA) is 50.9 Å². The monoisotopic (exact) mass is 247 g/mol. The van der Waals surface area contributed by atoms with Gasteiger partial charge in [0.05, 0.1) is 0 Å². The number of aromatic nitrogens is 1. The fourth-order valence-electron chi connectivity index (χ4n) is 1.64. The van der Waals surface area contributed by atoms with Crippen LogP contribution < -0.4 is 11.3 Å². The number of nitrogens with two attached hydrogens (primary N) is 1. The van der Waals surface area contributed by atoms with Crippen molar-refractivity contribution in [2.75, 3.05) is 0 Å². The van der Waals surface area contributed by atoms with Crippen LogP contribution >= 0.6 is 0 Å². The third-order valence-electron chi connectivity index (χ3n) is 2.48. The van der Waals surface area contributed by atoms with E-state index < -0.39 is 12.6 Å². The highest BCUT2D eigenvalue weighted by molar-refractivity contribution is 5.19. The fourth-order valence-corrected chi connectivity index (χ4v) is 1.64. The third kappa shape index (κ3) is 5.14. The molecule has 3 nitrogen and oxygen atoms in total. The molecule has 0 bridgehead atoms. The van der Waals surface area contributed by atoms with Gasteiger partial charge in [-0.15, -0.1) is 0 Å². The maximum atomic E-state index is 12.0. The van der Waals surface area contributed by atoms with Crippen LogP contribution in [0, 0.1) is 6.92 Å². The molecule has 0 fully saturated rings. The molecule has 0 amide bonds. The molecule has 0 aliphatic carbocycles. The van der Waals surface area contributed by atoms with Crippen LogP contribution in [0.1, 0.15) is 36.6 Å². The van der Waals surface area contributed by atoms with Crippen molar-refractivity contribution in [2.24, 2.45) is 5.84 Å². The average Bonchev–Trinajstić information content (AvgIpc) is 2.23. The number of nitrogens with zero attached hydrogens (tertiary/aromatic N) is 1. The van der Waals surface area contributed by atoms with E-state index in [4.69, 9.17) is 5.84 Å². The molecule has 1 atom stereocenters. The minimum Gasteiger partial charge on any atom is -0.271 e. The van der Waals surface area contributed by atoms with Crippen LogP contribution in [0.5, 0.6) is 0 Å². The van der Waals surface area contributed by atoms with Gasteiger partial charge in [0.15, 0.2) is 0 Å². The van der Waals surface area contributed by atoms with Gasteiger partial charge >= 0.3 is 6.18 Å². The van der Waals surface area contributed by atoms with E-state index in [9.17, 15) is 13.2 Å². The van der Waals surface area contributed by atoms with Gasteiger partial charge in [0.1, 0.15) is 0 Å². The van der Waals surface area contributed by atoms with E-state index in [1.54, 1.807) is 12.3 Å². The molecule has 0 saturated carbocycles. The Kier molecular flexibility index (Phi) is 4.89. The van der Waals surface area contributed by atoms with Crippen LogP contribution in [0.4, 0.5) is 13.2 Å². The molecular formula is C11H16F3N3. The number of aryl methyl sites for hydroxylation is 1. The predicted octanol–water partition coefficient (Wildman–Crippen LogP) is 2.63. The Balaban J connectivity index is 2.54. The summed E-state index contributed by atoms with van der Waals surface area (Å²) in [5.74, 6) is 5.35. The molecule has 1 aromatic heterocycles. The van der Waals surface area contributed by atoms with Gasteiger partial charge in [0.2, 0.25) is 0 Å². The molecular weight excluding hydrogens is 231 g/mol. The van der Waals surface area contributed by atoms with Crippen LogP contribution in [0.25, 0.3) is 0 Å². The minimum atomic E-state index is -4.10. The number of halogens is 3. The van der Waals surface area contributed by atoms with E-state index in [1.807, 2.05) is 13.0 Å². The Bertz CT molecular complexity index is 352. The second-order valence-electron chi connectivity index (χ2n) is 3.96. The zero-order valence-corrected chi connectivity index (χ0v) is 9.59. The Labute approximate surface area is 98.2 Å². The van der Waals surface area contributed by atoms with Crippen LogP contribution in [0.15, 0.2) is 18.3 Å². The summed E-state index contributed by atoms with van der Waals surface area (Å²) in [5.41, 5.74) is 4.22. The van der Waals surface area contributed by atoms with Gasteiger partial charge in [0, 0.05) is 24.4 Å². The van der Waals surface area contributed by atoms with Gasteiger partial charge in [-0.3, -0.25) is 16.3 Å². The lowest BCUT2D eigenvalue weighted by molar-refractivity contribution is -0.135. The number of hydrazine groups is 1. The van der Waals surface area contributed by atoms with Crippen molar-refractivity contribution in [1.29, 1.82) is 0 Å². The van der Waals surface area contributed by atoms with E-state index in [0.29, 0.717) is 6.42 Å². The molecule has 1 rings (SSSR count). The zero-order valence-electron chi connectivity index (χ0n) is 9.59. The lowest BCUT2D eigenvalue weighted by Crippen LogP contribution is -2.28. The molecule has 0 spiro atoms. The lowest BCUT2D eigenvalue weighted by Gasteiger charge is -2.17. The first-order chi connectivity index (χ1) is 7.92. The van der Waals surface area contributed by atoms with Crippen LogP contribution in [0.3, 0.4) is 0 Å². The number of alkyl halides is 3. The minimum absolute atomic E-state index is 0.0553. The molecule has 3 N–H and O–H groups in total. The molecule has 17 heavy (non-hydrogen) atoms. The third-order valence-corrected chi connectivity index (χ3v) is 2.48. The fraction of sp³-hybridized carbons (Fsp3) is 0.545. The van der Waals surface area contributed by atoms with Crippen molar-refractivity contribution in [3.63, 3.8) is 0 Å². The molecule has 0 saturated heterocycles. The summed E-state index contributed by atoms with van der Waals surface area (Å²) >= 11 is 0. The lowest BCUT2D eigenvalue weighted by atomic mass is 10.0. The number of nitrogens with one attached hydrogen (secondary N) is 1. The molecule has 6 heteroatoms. The number of pyridine rings is 1. The van der Waals surface area contributed by atoms with Gasteiger partial charge in [-0.2, -0.15) is 13.2 Å². The van der Waals surface area contributed by atoms with E-state index in [-0.39, 0.29) is 12.5 Å². The molecule has 0 radical (unpaired) electrons. The summed E-state index contributed by atoms with van der Waals surface area (Å²) in [6.45, 7) is 1.83. The number of hydrogen-bond donors (Lipinski definition) is 2. The highest BCUT2D eigenvalue weighted by atomic mass is 19.4. The van der Waals surface area contributed by atoms with Crippen molar-refractivity contribution in [1.82, 2.24) is 10.4 Å². The zero-order chi connectivity index (χ0) is 12.9. The van der Waals surface area contributed by atoms with Gasteiger partial charge < -0.3 is 0 Å². The Morgan fingerprint density at radius 2 is 2.18 bits per heavy atom.